The van der Waals surface area contributed by atoms with Gasteiger partial charge in [0.25, 0.3) is 0 Å². The monoisotopic (exact) mass is 594 g/mol. The Morgan fingerprint density at radius 1 is 0.756 bits per heavy atom. The van der Waals surface area contributed by atoms with Crippen LogP contribution in [0.1, 0.15) is 43.1 Å². The van der Waals surface area contributed by atoms with Gasteiger partial charge in [-0.05, 0) is 92.4 Å². The predicted octanol–water partition coefficient (Wildman–Crippen LogP) is 10.3. The van der Waals surface area contributed by atoms with Gasteiger partial charge in [0.2, 0.25) is 0 Å². The number of pyridine rings is 1. The zero-order valence-electron chi connectivity index (χ0n) is 25.8. The largest absolute Gasteiger partial charge is 0.457 e. The highest BCUT2D eigenvalue weighted by Gasteiger charge is 2.17. The summed E-state index contributed by atoms with van der Waals surface area (Å²) in [4.78, 5) is 4.75. The second-order valence-electron chi connectivity index (χ2n) is 11.6. The van der Waals surface area contributed by atoms with Crippen LogP contribution in [-0.2, 0) is 6.42 Å². The van der Waals surface area contributed by atoms with E-state index < -0.39 is 0 Å². The number of rotatable bonds is 9. The van der Waals surface area contributed by atoms with Crippen molar-refractivity contribution in [3.8, 4) is 34.1 Å². The minimum absolute atomic E-state index is 0.264. The fraction of sp³-hybridized carbons (Fsp3) is 0.179. The number of unbranched alkanes of at least 4 members (excludes halogenated alkanes) is 2. The fourth-order valence-corrected chi connectivity index (χ4v) is 6.33. The Morgan fingerprint density at radius 2 is 1.60 bits per heavy atom. The van der Waals surface area contributed by atoms with Gasteiger partial charge in [-0.25, -0.2) is 14.1 Å². The summed E-state index contributed by atoms with van der Waals surface area (Å²) in [5.41, 5.74) is 8.31. The van der Waals surface area contributed by atoms with Crippen LogP contribution in [0, 0.1) is 19.7 Å². The third-order valence-corrected chi connectivity index (χ3v) is 8.46. The van der Waals surface area contributed by atoms with Gasteiger partial charge in [-0.3, -0.25) is 4.57 Å². The molecular weight excluding hydrogens is 559 g/mol. The van der Waals surface area contributed by atoms with Crippen molar-refractivity contribution in [2.24, 2.45) is 0 Å². The van der Waals surface area contributed by atoms with E-state index in [9.17, 15) is 4.39 Å². The van der Waals surface area contributed by atoms with Crippen LogP contribution in [-0.4, -0.2) is 19.3 Å². The van der Waals surface area contributed by atoms with Gasteiger partial charge in [0, 0.05) is 40.4 Å². The molecule has 7 aromatic rings. The smallest absolute Gasteiger partial charge is 0.137 e. The Kier molecular flexibility index (Phi) is 7.64. The Labute approximate surface area is 262 Å². The molecule has 0 aliphatic rings. The third kappa shape index (κ3) is 5.48. The van der Waals surface area contributed by atoms with E-state index in [-0.39, 0.29) is 5.82 Å². The molecule has 0 amide bonds. The first kappa shape index (κ1) is 28.5. The third-order valence-electron chi connectivity index (χ3n) is 8.46. The molecule has 0 unspecified atom stereocenters. The van der Waals surface area contributed by atoms with Gasteiger partial charge in [-0.2, -0.15) is 5.10 Å². The summed E-state index contributed by atoms with van der Waals surface area (Å²) in [6, 6.07) is 33.4. The Balaban J connectivity index is 1.27. The van der Waals surface area contributed by atoms with Crippen molar-refractivity contribution in [2.75, 3.05) is 0 Å². The molecule has 7 rings (SSSR count). The van der Waals surface area contributed by atoms with Crippen LogP contribution in [0.2, 0.25) is 0 Å². The Morgan fingerprint density at radius 3 is 2.44 bits per heavy atom. The number of benzene rings is 4. The summed E-state index contributed by atoms with van der Waals surface area (Å²) >= 11 is 0. The molecule has 0 radical (unpaired) electrons. The zero-order chi connectivity index (χ0) is 30.9. The maximum Gasteiger partial charge on any atom is 0.137 e. The molecule has 6 heteroatoms. The van der Waals surface area contributed by atoms with E-state index in [1.54, 1.807) is 6.07 Å². The van der Waals surface area contributed by atoms with Gasteiger partial charge in [0.15, 0.2) is 0 Å². The predicted molar refractivity (Wildman–Crippen MR) is 180 cm³/mol. The lowest BCUT2D eigenvalue weighted by molar-refractivity contribution is 0.482. The molecule has 5 nitrogen and oxygen atoms in total. The number of aryl methyl sites for hydroxylation is 2. The molecule has 0 fully saturated rings. The molecule has 0 saturated heterocycles. The lowest BCUT2D eigenvalue weighted by Gasteiger charge is -2.11. The highest BCUT2D eigenvalue weighted by atomic mass is 19.1. The summed E-state index contributed by atoms with van der Waals surface area (Å²) in [7, 11) is 0. The molecule has 3 aromatic heterocycles. The van der Waals surface area contributed by atoms with Gasteiger partial charge in [0.1, 0.15) is 23.1 Å². The summed E-state index contributed by atoms with van der Waals surface area (Å²) < 4.78 is 25.0. The minimum atomic E-state index is -0.264. The fourth-order valence-electron chi connectivity index (χ4n) is 6.33. The topological polar surface area (TPSA) is 44.9 Å². The molecule has 0 N–H and O–H groups in total. The number of nitrogens with zero attached hydrogens (tertiary/aromatic N) is 4. The van der Waals surface area contributed by atoms with Crippen molar-refractivity contribution in [3.63, 3.8) is 0 Å². The summed E-state index contributed by atoms with van der Waals surface area (Å²) in [6.07, 6.45) is 6.38. The van der Waals surface area contributed by atoms with Crippen LogP contribution in [0.25, 0.3) is 44.4 Å². The molecule has 0 aliphatic heterocycles. The van der Waals surface area contributed by atoms with Crippen molar-refractivity contribution < 1.29 is 9.13 Å². The lowest BCUT2D eigenvalue weighted by atomic mass is 10.0. The van der Waals surface area contributed by atoms with Crippen molar-refractivity contribution in [3.05, 3.63) is 132 Å². The van der Waals surface area contributed by atoms with E-state index in [0.29, 0.717) is 11.5 Å². The summed E-state index contributed by atoms with van der Waals surface area (Å²) in [5.74, 6) is 1.93. The number of halogens is 1. The number of hydrogen-bond donors (Lipinski definition) is 0. The summed E-state index contributed by atoms with van der Waals surface area (Å²) in [5, 5.41) is 6.66. The number of fused-ring (bicyclic) bond motifs is 3. The minimum Gasteiger partial charge on any atom is -0.457 e. The number of hydrogen-bond acceptors (Lipinski definition) is 3. The molecule has 0 saturated carbocycles. The van der Waals surface area contributed by atoms with E-state index >= 15 is 0 Å². The van der Waals surface area contributed by atoms with Gasteiger partial charge < -0.3 is 4.74 Å². The average molecular weight is 595 g/mol. The highest BCUT2D eigenvalue weighted by molar-refractivity contribution is 6.09. The van der Waals surface area contributed by atoms with E-state index in [4.69, 9.17) is 14.8 Å². The van der Waals surface area contributed by atoms with E-state index in [2.05, 4.69) is 42.7 Å². The lowest BCUT2D eigenvalue weighted by Crippen LogP contribution is -2.00. The number of aromatic nitrogens is 4. The van der Waals surface area contributed by atoms with Crippen molar-refractivity contribution in [1.82, 2.24) is 19.3 Å². The Bertz CT molecular complexity index is 2140. The van der Waals surface area contributed by atoms with Gasteiger partial charge in [-0.1, -0.05) is 56.2 Å². The molecule has 45 heavy (non-hydrogen) atoms. The van der Waals surface area contributed by atoms with Crippen LogP contribution >= 0.6 is 0 Å². The van der Waals surface area contributed by atoms with Crippen LogP contribution in [0.5, 0.6) is 11.5 Å². The van der Waals surface area contributed by atoms with Crippen molar-refractivity contribution in [1.29, 1.82) is 0 Å². The summed E-state index contributed by atoms with van der Waals surface area (Å²) in [6.45, 7) is 6.35. The van der Waals surface area contributed by atoms with Gasteiger partial charge in [-0.15, -0.1) is 0 Å². The second-order valence-corrected chi connectivity index (χ2v) is 11.6. The highest BCUT2D eigenvalue weighted by Crippen LogP contribution is 2.36. The zero-order valence-corrected chi connectivity index (χ0v) is 25.8. The SMILES string of the molecule is CCCCCc1ccnc(-n2c3ccc(F)cc3c3ccc(Oc4cccc(-n5nc(C)c(-c6ccccc6)c5C)c4)cc32)c1. The maximum atomic E-state index is 14.5. The molecule has 0 aliphatic carbocycles. The molecule has 0 atom stereocenters. The van der Waals surface area contributed by atoms with Crippen molar-refractivity contribution >= 4 is 21.8 Å². The van der Waals surface area contributed by atoms with E-state index in [1.807, 2.05) is 84.5 Å². The first-order valence-corrected chi connectivity index (χ1v) is 15.6. The van der Waals surface area contributed by atoms with Crippen LogP contribution in [0.4, 0.5) is 4.39 Å². The van der Waals surface area contributed by atoms with Gasteiger partial charge in [0.05, 0.1) is 22.4 Å². The van der Waals surface area contributed by atoms with Crippen LogP contribution in [0.15, 0.2) is 109 Å². The molecule has 224 valence electrons. The first-order chi connectivity index (χ1) is 22.0. The average Bonchev–Trinajstić information content (AvgIpc) is 3.54. The normalized spacial score (nSPS) is 11.5. The van der Waals surface area contributed by atoms with E-state index in [1.165, 1.54) is 24.5 Å². The molecule has 0 bridgehead atoms. The quantitative estimate of drug-likeness (QED) is 0.156. The Hall–Kier alpha value is -5.23. The standard InChI is InChI=1S/C39H35FN4O/c1-4-5-7-11-28-20-21-41-38(22-28)43-36-19-16-30(40)23-35(36)34-18-17-33(25-37(34)43)45-32-15-10-14-31(24-32)44-27(3)39(26(2)42-44)29-12-8-6-9-13-29/h6,8-10,12-25H,4-5,7,11H2,1-3H3. The molecule has 0 spiro atoms. The molecule has 3 heterocycles. The molecular formula is C39H35FN4O. The second kappa shape index (κ2) is 12.0. The van der Waals surface area contributed by atoms with Crippen LogP contribution in [0.3, 0.4) is 0 Å². The molecule has 4 aromatic carbocycles. The first-order valence-electron chi connectivity index (χ1n) is 15.6. The van der Waals surface area contributed by atoms with E-state index in [0.717, 1.165) is 68.7 Å². The van der Waals surface area contributed by atoms with Crippen LogP contribution < -0.4 is 4.74 Å². The number of ether oxygens (including phenoxy) is 1. The maximum absolute atomic E-state index is 14.5. The van der Waals surface area contributed by atoms with Gasteiger partial charge >= 0.3 is 0 Å². The van der Waals surface area contributed by atoms with Crippen molar-refractivity contribution in [2.45, 2.75) is 46.5 Å².